The summed E-state index contributed by atoms with van der Waals surface area (Å²) >= 11 is 0. The summed E-state index contributed by atoms with van der Waals surface area (Å²) < 4.78 is 2.33. The summed E-state index contributed by atoms with van der Waals surface area (Å²) in [6.45, 7) is 0.131. The molecule has 0 atom stereocenters. The van der Waals surface area contributed by atoms with E-state index in [4.69, 9.17) is 0 Å². The van der Waals surface area contributed by atoms with E-state index in [-0.39, 0.29) is 6.61 Å². The quantitative estimate of drug-likeness (QED) is 0.767. The molecule has 1 aliphatic rings. The third kappa shape index (κ3) is 1.07. The fourth-order valence-electron chi connectivity index (χ4n) is 2.06. The van der Waals surface area contributed by atoms with Crippen molar-refractivity contribution >= 4 is 10.9 Å². The predicted molar refractivity (Wildman–Crippen MR) is 56.1 cm³/mol. The number of aliphatic hydroxyl groups is 1. The predicted octanol–water partition coefficient (Wildman–Crippen LogP) is 2.47. The van der Waals surface area contributed by atoms with Gasteiger partial charge in [-0.3, -0.25) is 0 Å². The number of aliphatic hydroxyl groups excluding tert-OH is 1. The molecule has 0 saturated heterocycles. The van der Waals surface area contributed by atoms with Gasteiger partial charge in [-0.05, 0) is 30.5 Å². The van der Waals surface area contributed by atoms with Crippen LogP contribution in [0.25, 0.3) is 10.9 Å². The first kappa shape index (κ1) is 8.06. The zero-order chi connectivity index (χ0) is 9.54. The second-order valence-corrected chi connectivity index (χ2v) is 3.96. The second-order valence-electron chi connectivity index (χ2n) is 3.96. The number of hydrogen-bond acceptors (Lipinski definition) is 1. The highest BCUT2D eigenvalue weighted by molar-refractivity contribution is 5.83. The average Bonchev–Trinajstić information content (AvgIpc) is 2.97. The highest BCUT2D eigenvalue weighted by atomic mass is 16.3. The van der Waals surface area contributed by atoms with E-state index in [1.165, 1.54) is 23.7 Å². The van der Waals surface area contributed by atoms with E-state index in [0.717, 1.165) is 5.56 Å². The van der Waals surface area contributed by atoms with Gasteiger partial charge in [0, 0.05) is 23.1 Å². The number of benzene rings is 1. The monoisotopic (exact) mass is 187 g/mol. The maximum absolute atomic E-state index is 9.19. The molecule has 0 amide bonds. The fraction of sp³-hybridized carbons (Fsp3) is 0.333. The molecule has 2 nitrogen and oxygen atoms in total. The maximum Gasteiger partial charge on any atom is 0.0688 e. The van der Waals surface area contributed by atoms with Gasteiger partial charge >= 0.3 is 0 Å². The second kappa shape index (κ2) is 2.85. The largest absolute Gasteiger partial charge is 0.392 e. The summed E-state index contributed by atoms with van der Waals surface area (Å²) in [5, 5.41) is 10.4. The lowest BCUT2D eigenvalue weighted by molar-refractivity contribution is 0.283. The smallest absolute Gasteiger partial charge is 0.0688 e. The van der Waals surface area contributed by atoms with E-state index >= 15 is 0 Å². The lowest BCUT2D eigenvalue weighted by Gasteiger charge is -2.03. The van der Waals surface area contributed by atoms with Crippen LogP contribution in [0.4, 0.5) is 0 Å². The summed E-state index contributed by atoms with van der Waals surface area (Å²) in [5.74, 6) is 0. The van der Waals surface area contributed by atoms with Crippen molar-refractivity contribution in [3.63, 3.8) is 0 Å². The summed E-state index contributed by atoms with van der Waals surface area (Å²) in [4.78, 5) is 0. The van der Waals surface area contributed by atoms with Crippen molar-refractivity contribution in [1.82, 2.24) is 4.57 Å². The first-order valence-electron chi connectivity index (χ1n) is 5.09. The lowest BCUT2D eigenvalue weighted by Crippen LogP contribution is -1.91. The number of hydrogen-bond donors (Lipinski definition) is 1. The van der Waals surface area contributed by atoms with E-state index in [0.29, 0.717) is 6.04 Å². The van der Waals surface area contributed by atoms with Crippen molar-refractivity contribution in [2.24, 2.45) is 0 Å². The molecular weight excluding hydrogens is 174 g/mol. The fourth-order valence-corrected chi connectivity index (χ4v) is 2.06. The SMILES string of the molecule is OCc1cccc2c1ccn2C1CC1. The number of aromatic nitrogens is 1. The molecule has 2 aromatic rings. The van der Waals surface area contributed by atoms with Crippen LogP contribution in [0.3, 0.4) is 0 Å². The maximum atomic E-state index is 9.19. The van der Waals surface area contributed by atoms with Gasteiger partial charge in [0.2, 0.25) is 0 Å². The minimum absolute atomic E-state index is 0.131. The minimum atomic E-state index is 0.131. The Morgan fingerprint density at radius 3 is 2.86 bits per heavy atom. The lowest BCUT2D eigenvalue weighted by atomic mass is 10.1. The van der Waals surface area contributed by atoms with E-state index in [9.17, 15) is 5.11 Å². The Kier molecular flexibility index (Phi) is 1.64. The van der Waals surface area contributed by atoms with Crippen LogP contribution in [0.5, 0.6) is 0 Å². The van der Waals surface area contributed by atoms with E-state index in [2.05, 4.69) is 22.9 Å². The Labute approximate surface area is 82.8 Å². The van der Waals surface area contributed by atoms with Crippen LogP contribution in [0.15, 0.2) is 30.5 Å². The Morgan fingerprint density at radius 1 is 1.29 bits per heavy atom. The summed E-state index contributed by atoms with van der Waals surface area (Å²) in [5.41, 5.74) is 2.29. The highest BCUT2D eigenvalue weighted by Gasteiger charge is 2.24. The van der Waals surface area contributed by atoms with Gasteiger partial charge in [0.05, 0.1) is 6.61 Å². The third-order valence-corrected chi connectivity index (χ3v) is 2.96. The highest BCUT2D eigenvalue weighted by Crippen LogP contribution is 2.38. The first-order valence-corrected chi connectivity index (χ1v) is 5.09. The topological polar surface area (TPSA) is 25.2 Å². The zero-order valence-electron chi connectivity index (χ0n) is 7.98. The number of nitrogens with zero attached hydrogens (tertiary/aromatic N) is 1. The van der Waals surface area contributed by atoms with Gasteiger partial charge < -0.3 is 9.67 Å². The van der Waals surface area contributed by atoms with Crippen LogP contribution in [-0.2, 0) is 6.61 Å². The molecule has 1 aliphatic carbocycles. The Bertz CT molecular complexity index is 468. The van der Waals surface area contributed by atoms with Crippen molar-refractivity contribution in [1.29, 1.82) is 0 Å². The molecule has 14 heavy (non-hydrogen) atoms. The summed E-state index contributed by atoms with van der Waals surface area (Å²) in [6, 6.07) is 8.96. The molecular formula is C12H13NO. The molecule has 1 aromatic heterocycles. The van der Waals surface area contributed by atoms with Crippen LogP contribution in [-0.4, -0.2) is 9.67 Å². The van der Waals surface area contributed by atoms with Gasteiger partial charge in [-0.25, -0.2) is 0 Å². The number of rotatable bonds is 2. The first-order chi connectivity index (χ1) is 6.90. The van der Waals surface area contributed by atoms with Gasteiger partial charge in [-0.1, -0.05) is 12.1 Å². The van der Waals surface area contributed by atoms with Gasteiger partial charge in [0.1, 0.15) is 0 Å². The molecule has 0 bridgehead atoms. The van der Waals surface area contributed by atoms with Crippen molar-refractivity contribution in [2.75, 3.05) is 0 Å². The molecule has 1 N–H and O–H groups in total. The standard InChI is InChI=1S/C12H13NO/c14-8-9-2-1-3-12-11(9)6-7-13(12)10-4-5-10/h1-3,6-7,10,14H,4-5,8H2. The third-order valence-electron chi connectivity index (χ3n) is 2.96. The van der Waals surface area contributed by atoms with Crippen molar-refractivity contribution in [2.45, 2.75) is 25.5 Å². The van der Waals surface area contributed by atoms with Crippen LogP contribution in [0, 0.1) is 0 Å². The summed E-state index contributed by atoms with van der Waals surface area (Å²) in [7, 11) is 0. The Morgan fingerprint density at radius 2 is 2.14 bits per heavy atom. The van der Waals surface area contributed by atoms with E-state index in [1.54, 1.807) is 0 Å². The van der Waals surface area contributed by atoms with Gasteiger partial charge in [0.15, 0.2) is 0 Å². The molecule has 1 saturated carbocycles. The molecule has 0 aliphatic heterocycles. The Balaban J connectivity index is 2.25. The molecule has 1 heterocycles. The minimum Gasteiger partial charge on any atom is -0.392 e. The average molecular weight is 187 g/mol. The van der Waals surface area contributed by atoms with Crippen molar-refractivity contribution < 1.29 is 5.11 Å². The van der Waals surface area contributed by atoms with Crippen LogP contribution >= 0.6 is 0 Å². The molecule has 1 fully saturated rings. The van der Waals surface area contributed by atoms with Gasteiger partial charge in [-0.2, -0.15) is 0 Å². The van der Waals surface area contributed by atoms with Gasteiger partial charge in [-0.15, -0.1) is 0 Å². The van der Waals surface area contributed by atoms with Crippen LogP contribution in [0.2, 0.25) is 0 Å². The van der Waals surface area contributed by atoms with Gasteiger partial charge in [0.25, 0.3) is 0 Å². The summed E-state index contributed by atoms with van der Waals surface area (Å²) in [6.07, 6.45) is 4.74. The van der Waals surface area contributed by atoms with Crippen LogP contribution < -0.4 is 0 Å². The van der Waals surface area contributed by atoms with E-state index < -0.39 is 0 Å². The number of fused-ring (bicyclic) bond motifs is 1. The molecule has 0 unspecified atom stereocenters. The van der Waals surface area contributed by atoms with E-state index in [1.807, 2.05) is 12.1 Å². The van der Waals surface area contributed by atoms with Crippen LogP contribution in [0.1, 0.15) is 24.4 Å². The molecule has 1 aromatic carbocycles. The molecule has 3 rings (SSSR count). The zero-order valence-corrected chi connectivity index (χ0v) is 7.98. The molecule has 0 radical (unpaired) electrons. The van der Waals surface area contributed by atoms with Crippen molar-refractivity contribution in [3.8, 4) is 0 Å². The molecule has 72 valence electrons. The normalized spacial score (nSPS) is 16.4. The van der Waals surface area contributed by atoms with Crippen molar-refractivity contribution in [3.05, 3.63) is 36.0 Å². The molecule has 0 spiro atoms. The Hall–Kier alpha value is -1.28. The molecule has 2 heteroatoms.